The maximum atomic E-state index is 13.6. The van der Waals surface area contributed by atoms with E-state index >= 15 is 0 Å². The van der Waals surface area contributed by atoms with Gasteiger partial charge in [0.15, 0.2) is 0 Å². The lowest BCUT2D eigenvalue weighted by molar-refractivity contribution is 0.0626. The summed E-state index contributed by atoms with van der Waals surface area (Å²) >= 11 is 5.81. The molecule has 0 N–H and O–H groups in total. The molecule has 98 valence electrons. The quantitative estimate of drug-likeness (QED) is 0.760. The summed E-state index contributed by atoms with van der Waals surface area (Å²) in [6.07, 6.45) is 1.89. The van der Waals surface area contributed by atoms with E-state index in [9.17, 15) is 9.18 Å². The van der Waals surface area contributed by atoms with Crippen molar-refractivity contribution in [2.45, 2.75) is 26.7 Å². The van der Waals surface area contributed by atoms with Crippen molar-refractivity contribution in [1.29, 1.82) is 0 Å². The average molecular weight is 270 g/mol. The third-order valence-electron chi connectivity index (χ3n) is 3.56. The molecule has 0 spiro atoms. The van der Waals surface area contributed by atoms with Crippen LogP contribution in [0.3, 0.4) is 0 Å². The van der Waals surface area contributed by atoms with Gasteiger partial charge in [-0.1, -0.05) is 25.4 Å². The standard InChI is InChI=1S/C14H17ClFNO/c1-14(2)5-7-17(8-6-14)13(18)11-9-10(15)3-4-12(11)16/h3-4,9H,5-8H2,1-2H3. The highest BCUT2D eigenvalue weighted by atomic mass is 35.5. The summed E-state index contributed by atoms with van der Waals surface area (Å²) in [6, 6.07) is 4.09. The summed E-state index contributed by atoms with van der Waals surface area (Å²) in [7, 11) is 0. The van der Waals surface area contributed by atoms with E-state index in [2.05, 4.69) is 13.8 Å². The number of hydrogen-bond acceptors (Lipinski definition) is 1. The molecule has 1 saturated heterocycles. The molecule has 0 bridgehead atoms. The van der Waals surface area contributed by atoms with Crippen LogP contribution in [-0.4, -0.2) is 23.9 Å². The topological polar surface area (TPSA) is 20.3 Å². The molecule has 0 saturated carbocycles. The molecule has 0 radical (unpaired) electrons. The molecule has 1 aliphatic heterocycles. The second-order valence-electron chi connectivity index (χ2n) is 5.58. The number of benzene rings is 1. The minimum Gasteiger partial charge on any atom is -0.339 e. The van der Waals surface area contributed by atoms with Gasteiger partial charge in [0.05, 0.1) is 5.56 Å². The van der Waals surface area contributed by atoms with Gasteiger partial charge in [-0.2, -0.15) is 0 Å². The average Bonchev–Trinajstić information content (AvgIpc) is 2.31. The molecule has 0 aromatic heterocycles. The van der Waals surface area contributed by atoms with Crippen LogP contribution in [0.15, 0.2) is 18.2 Å². The van der Waals surface area contributed by atoms with Crippen LogP contribution >= 0.6 is 11.6 Å². The first-order valence-corrected chi connectivity index (χ1v) is 6.51. The molecule has 2 nitrogen and oxygen atoms in total. The number of halogens is 2. The molecule has 0 atom stereocenters. The Hall–Kier alpha value is -1.09. The van der Waals surface area contributed by atoms with E-state index in [1.807, 2.05) is 0 Å². The van der Waals surface area contributed by atoms with E-state index in [-0.39, 0.29) is 16.9 Å². The van der Waals surface area contributed by atoms with Crippen molar-refractivity contribution in [3.8, 4) is 0 Å². The Kier molecular flexibility index (Phi) is 3.62. The summed E-state index contributed by atoms with van der Waals surface area (Å²) in [4.78, 5) is 13.9. The SMILES string of the molecule is CC1(C)CCN(C(=O)c2cc(Cl)ccc2F)CC1. The van der Waals surface area contributed by atoms with E-state index in [0.717, 1.165) is 12.8 Å². The zero-order valence-electron chi connectivity index (χ0n) is 10.7. The van der Waals surface area contributed by atoms with E-state index in [0.29, 0.717) is 18.1 Å². The van der Waals surface area contributed by atoms with Crippen molar-refractivity contribution < 1.29 is 9.18 Å². The Morgan fingerprint density at radius 1 is 1.33 bits per heavy atom. The minimum absolute atomic E-state index is 0.0715. The molecule has 0 aliphatic carbocycles. The van der Waals surface area contributed by atoms with Crippen molar-refractivity contribution in [3.05, 3.63) is 34.6 Å². The predicted molar refractivity (Wildman–Crippen MR) is 70.3 cm³/mol. The van der Waals surface area contributed by atoms with Gasteiger partial charge in [-0.05, 0) is 36.5 Å². The molecule has 1 fully saturated rings. The van der Waals surface area contributed by atoms with Crippen molar-refractivity contribution in [1.82, 2.24) is 4.90 Å². The highest BCUT2D eigenvalue weighted by Crippen LogP contribution is 2.30. The van der Waals surface area contributed by atoms with Crippen LogP contribution in [0.1, 0.15) is 37.0 Å². The first-order chi connectivity index (χ1) is 8.39. The predicted octanol–water partition coefficient (Wildman–Crippen LogP) is 3.74. The molecule has 1 aliphatic rings. The lowest BCUT2D eigenvalue weighted by Crippen LogP contribution is -2.41. The molecule has 4 heteroatoms. The van der Waals surface area contributed by atoms with Crippen molar-refractivity contribution >= 4 is 17.5 Å². The Morgan fingerprint density at radius 3 is 2.56 bits per heavy atom. The number of piperidine rings is 1. The summed E-state index contributed by atoms with van der Waals surface area (Å²) in [5.41, 5.74) is 0.339. The van der Waals surface area contributed by atoms with Crippen LogP contribution in [0.4, 0.5) is 4.39 Å². The van der Waals surface area contributed by atoms with Crippen LogP contribution in [0.2, 0.25) is 5.02 Å². The lowest BCUT2D eigenvalue weighted by atomic mass is 9.82. The largest absolute Gasteiger partial charge is 0.339 e. The van der Waals surface area contributed by atoms with Gasteiger partial charge in [0.2, 0.25) is 0 Å². The number of nitrogens with zero attached hydrogens (tertiary/aromatic N) is 1. The van der Waals surface area contributed by atoms with Gasteiger partial charge < -0.3 is 4.90 Å². The Labute approximate surface area is 112 Å². The number of likely N-dealkylation sites (tertiary alicyclic amines) is 1. The van der Waals surface area contributed by atoms with E-state index in [4.69, 9.17) is 11.6 Å². The molecule has 18 heavy (non-hydrogen) atoms. The number of amides is 1. The molecule has 2 rings (SSSR count). The Bertz CT molecular complexity index is 463. The number of rotatable bonds is 1. The molecular formula is C14H17ClFNO. The molecule has 0 unspecified atom stereocenters. The molecule has 1 amide bonds. The monoisotopic (exact) mass is 269 g/mol. The molecule has 1 aromatic carbocycles. The van der Waals surface area contributed by atoms with Gasteiger partial charge in [-0.15, -0.1) is 0 Å². The molecule has 1 aromatic rings. The number of carbonyl (C=O) groups is 1. The van der Waals surface area contributed by atoms with Gasteiger partial charge in [-0.3, -0.25) is 4.79 Å². The molecular weight excluding hydrogens is 253 g/mol. The normalized spacial score (nSPS) is 18.8. The van der Waals surface area contributed by atoms with Gasteiger partial charge in [-0.25, -0.2) is 4.39 Å². The van der Waals surface area contributed by atoms with Crippen molar-refractivity contribution in [2.24, 2.45) is 5.41 Å². The van der Waals surface area contributed by atoms with Gasteiger partial charge >= 0.3 is 0 Å². The fourth-order valence-corrected chi connectivity index (χ4v) is 2.32. The van der Waals surface area contributed by atoms with Crippen LogP contribution in [-0.2, 0) is 0 Å². The van der Waals surface area contributed by atoms with Gasteiger partial charge in [0, 0.05) is 18.1 Å². The summed E-state index contributed by atoms with van der Waals surface area (Å²) in [6.45, 7) is 5.74. The zero-order valence-corrected chi connectivity index (χ0v) is 11.4. The zero-order chi connectivity index (χ0) is 13.3. The second-order valence-corrected chi connectivity index (χ2v) is 6.02. The van der Waals surface area contributed by atoms with Crippen LogP contribution in [0.5, 0.6) is 0 Å². The summed E-state index contributed by atoms with van der Waals surface area (Å²) in [5, 5.41) is 0.386. The smallest absolute Gasteiger partial charge is 0.256 e. The maximum Gasteiger partial charge on any atom is 0.256 e. The van der Waals surface area contributed by atoms with Crippen molar-refractivity contribution in [2.75, 3.05) is 13.1 Å². The van der Waals surface area contributed by atoms with E-state index < -0.39 is 5.82 Å². The third kappa shape index (κ3) is 2.83. The van der Waals surface area contributed by atoms with Crippen LogP contribution < -0.4 is 0 Å². The second kappa shape index (κ2) is 4.88. The first-order valence-electron chi connectivity index (χ1n) is 6.13. The van der Waals surface area contributed by atoms with Crippen LogP contribution in [0.25, 0.3) is 0 Å². The lowest BCUT2D eigenvalue weighted by Gasteiger charge is -2.37. The van der Waals surface area contributed by atoms with E-state index in [1.54, 1.807) is 4.90 Å². The fraction of sp³-hybridized carbons (Fsp3) is 0.500. The highest BCUT2D eigenvalue weighted by Gasteiger charge is 2.29. The summed E-state index contributed by atoms with van der Waals surface area (Å²) in [5.74, 6) is -0.764. The Balaban J connectivity index is 2.15. The highest BCUT2D eigenvalue weighted by molar-refractivity contribution is 6.31. The minimum atomic E-state index is -0.505. The summed E-state index contributed by atoms with van der Waals surface area (Å²) < 4.78 is 13.6. The van der Waals surface area contributed by atoms with Crippen molar-refractivity contribution in [3.63, 3.8) is 0 Å². The van der Waals surface area contributed by atoms with Gasteiger partial charge in [0.25, 0.3) is 5.91 Å². The first kappa shape index (κ1) is 13.3. The number of hydrogen-bond donors (Lipinski definition) is 0. The maximum absolute atomic E-state index is 13.6. The van der Waals surface area contributed by atoms with E-state index in [1.165, 1.54) is 18.2 Å². The fourth-order valence-electron chi connectivity index (χ4n) is 2.15. The molecule has 1 heterocycles. The Morgan fingerprint density at radius 2 is 1.94 bits per heavy atom. The number of carbonyl (C=O) groups excluding carboxylic acids is 1. The third-order valence-corrected chi connectivity index (χ3v) is 3.80. The van der Waals surface area contributed by atoms with Gasteiger partial charge in [0.1, 0.15) is 5.82 Å². The van der Waals surface area contributed by atoms with Crippen LogP contribution in [0, 0.1) is 11.2 Å².